The molecule has 18 heavy (non-hydrogen) atoms. The number of halogens is 1. The summed E-state index contributed by atoms with van der Waals surface area (Å²) in [7, 11) is 0. The average molecular weight is 351 g/mol. The maximum Gasteiger partial charge on any atom is 0.255 e. The summed E-state index contributed by atoms with van der Waals surface area (Å²) in [5.74, 6) is -0.0553. The average Bonchev–Trinajstić information content (AvgIpc) is 2.35. The van der Waals surface area contributed by atoms with Gasteiger partial charge < -0.3 is 5.32 Å². The molecule has 2 aromatic rings. The standard InChI is InChI=1S/C15H14INO/c1-10-7-8-11(2)12(9-10)15(18)17-14-6-4-3-5-13(14)16/h3-9H,1-2H3,(H,17,18). The predicted molar refractivity (Wildman–Crippen MR) is 83.0 cm³/mol. The largest absolute Gasteiger partial charge is 0.321 e. The van der Waals surface area contributed by atoms with E-state index in [1.54, 1.807) is 0 Å². The third-order valence-electron chi connectivity index (χ3n) is 2.76. The second-order valence-corrected chi connectivity index (χ2v) is 5.41. The molecule has 0 radical (unpaired) electrons. The van der Waals surface area contributed by atoms with Crippen molar-refractivity contribution in [3.63, 3.8) is 0 Å². The summed E-state index contributed by atoms with van der Waals surface area (Å²) in [5, 5.41) is 2.95. The monoisotopic (exact) mass is 351 g/mol. The molecule has 0 saturated carbocycles. The quantitative estimate of drug-likeness (QED) is 0.809. The van der Waals surface area contributed by atoms with Crippen LogP contribution in [0.1, 0.15) is 21.5 Å². The number of anilines is 1. The fourth-order valence-electron chi connectivity index (χ4n) is 1.73. The van der Waals surface area contributed by atoms with Crippen LogP contribution in [-0.2, 0) is 0 Å². The first kappa shape index (κ1) is 13.1. The van der Waals surface area contributed by atoms with Gasteiger partial charge in [0, 0.05) is 9.13 Å². The van der Waals surface area contributed by atoms with Gasteiger partial charge in [0.1, 0.15) is 0 Å². The Morgan fingerprint density at radius 2 is 1.83 bits per heavy atom. The van der Waals surface area contributed by atoms with E-state index in [9.17, 15) is 4.79 Å². The Bertz CT molecular complexity index is 593. The lowest BCUT2D eigenvalue weighted by Crippen LogP contribution is -2.14. The molecule has 0 saturated heterocycles. The number of para-hydroxylation sites is 1. The van der Waals surface area contributed by atoms with Gasteiger partial charge in [-0.2, -0.15) is 0 Å². The number of nitrogens with one attached hydrogen (secondary N) is 1. The molecule has 0 aromatic heterocycles. The van der Waals surface area contributed by atoms with Crippen molar-refractivity contribution < 1.29 is 4.79 Å². The Morgan fingerprint density at radius 3 is 2.56 bits per heavy atom. The van der Waals surface area contributed by atoms with Crippen LogP contribution in [0, 0.1) is 17.4 Å². The van der Waals surface area contributed by atoms with Gasteiger partial charge in [0.25, 0.3) is 5.91 Å². The molecule has 2 aromatic carbocycles. The highest BCUT2D eigenvalue weighted by molar-refractivity contribution is 14.1. The Hall–Kier alpha value is -1.36. The van der Waals surface area contributed by atoms with Crippen molar-refractivity contribution >= 4 is 34.2 Å². The van der Waals surface area contributed by atoms with Gasteiger partial charge in [0.05, 0.1) is 5.69 Å². The van der Waals surface area contributed by atoms with E-state index in [0.717, 1.165) is 25.9 Å². The van der Waals surface area contributed by atoms with E-state index in [4.69, 9.17) is 0 Å². The van der Waals surface area contributed by atoms with Gasteiger partial charge in [-0.1, -0.05) is 29.8 Å². The van der Waals surface area contributed by atoms with Crippen LogP contribution in [-0.4, -0.2) is 5.91 Å². The highest BCUT2D eigenvalue weighted by Gasteiger charge is 2.10. The molecule has 0 aliphatic heterocycles. The zero-order chi connectivity index (χ0) is 13.1. The summed E-state index contributed by atoms with van der Waals surface area (Å²) < 4.78 is 1.04. The SMILES string of the molecule is Cc1ccc(C)c(C(=O)Nc2ccccc2I)c1. The first-order valence-electron chi connectivity index (χ1n) is 5.71. The second kappa shape index (κ2) is 5.52. The Kier molecular flexibility index (Phi) is 4.01. The lowest BCUT2D eigenvalue weighted by atomic mass is 10.1. The van der Waals surface area contributed by atoms with E-state index in [1.165, 1.54) is 0 Å². The zero-order valence-corrected chi connectivity index (χ0v) is 12.5. The molecule has 2 nitrogen and oxygen atoms in total. The van der Waals surface area contributed by atoms with Crippen molar-refractivity contribution in [1.82, 2.24) is 0 Å². The van der Waals surface area contributed by atoms with Gasteiger partial charge in [-0.15, -0.1) is 0 Å². The molecular formula is C15H14INO. The summed E-state index contributed by atoms with van der Waals surface area (Å²) in [6.07, 6.45) is 0. The topological polar surface area (TPSA) is 29.1 Å². The number of carbonyl (C=O) groups excluding carboxylic acids is 1. The molecule has 2 rings (SSSR count). The number of carbonyl (C=O) groups is 1. The molecule has 1 amide bonds. The fourth-order valence-corrected chi connectivity index (χ4v) is 2.25. The molecule has 3 heteroatoms. The lowest BCUT2D eigenvalue weighted by Gasteiger charge is -2.09. The smallest absolute Gasteiger partial charge is 0.255 e. The third-order valence-corrected chi connectivity index (χ3v) is 3.70. The maximum absolute atomic E-state index is 12.2. The van der Waals surface area contributed by atoms with Crippen LogP contribution >= 0.6 is 22.6 Å². The van der Waals surface area contributed by atoms with Crippen molar-refractivity contribution in [1.29, 1.82) is 0 Å². The van der Waals surface area contributed by atoms with Crippen LogP contribution in [0.2, 0.25) is 0 Å². The van der Waals surface area contributed by atoms with E-state index in [-0.39, 0.29) is 5.91 Å². The first-order chi connectivity index (χ1) is 8.58. The van der Waals surface area contributed by atoms with Gasteiger partial charge in [-0.05, 0) is 60.2 Å². The lowest BCUT2D eigenvalue weighted by molar-refractivity contribution is 0.102. The molecule has 1 N–H and O–H groups in total. The number of aryl methyl sites for hydroxylation is 2. The number of hydrogen-bond acceptors (Lipinski definition) is 1. The Balaban J connectivity index is 2.28. The highest BCUT2D eigenvalue weighted by Crippen LogP contribution is 2.19. The van der Waals surface area contributed by atoms with Gasteiger partial charge in [-0.3, -0.25) is 4.79 Å². The second-order valence-electron chi connectivity index (χ2n) is 4.25. The molecule has 0 bridgehead atoms. The van der Waals surface area contributed by atoms with Crippen LogP contribution in [0.4, 0.5) is 5.69 Å². The summed E-state index contributed by atoms with van der Waals surface area (Å²) in [6.45, 7) is 3.94. The van der Waals surface area contributed by atoms with Crippen LogP contribution in [0.15, 0.2) is 42.5 Å². The first-order valence-corrected chi connectivity index (χ1v) is 6.79. The fraction of sp³-hybridized carbons (Fsp3) is 0.133. The normalized spacial score (nSPS) is 10.2. The van der Waals surface area contributed by atoms with Gasteiger partial charge >= 0.3 is 0 Å². The van der Waals surface area contributed by atoms with E-state index in [1.807, 2.05) is 56.3 Å². The van der Waals surface area contributed by atoms with Crippen LogP contribution in [0.5, 0.6) is 0 Å². The van der Waals surface area contributed by atoms with Gasteiger partial charge in [0.15, 0.2) is 0 Å². The van der Waals surface area contributed by atoms with E-state index in [0.29, 0.717) is 0 Å². The molecule has 92 valence electrons. The van der Waals surface area contributed by atoms with Crippen molar-refractivity contribution in [3.05, 3.63) is 62.7 Å². The summed E-state index contributed by atoms with van der Waals surface area (Å²) in [6, 6.07) is 13.7. The number of benzene rings is 2. The summed E-state index contributed by atoms with van der Waals surface area (Å²) in [4.78, 5) is 12.2. The minimum atomic E-state index is -0.0553. The molecule has 0 aliphatic carbocycles. The highest BCUT2D eigenvalue weighted by atomic mass is 127. The van der Waals surface area contributed by atoms with Crippen molar-refractivity contribution in [2.75, 3.05) is 5.32 Å². The van der Waals surface area contributed by atoms with Crippen LogP contribution in [0.25, 0.3) is 0 Å². The molecule has 0 fully saturated rings. The molecule has 0 atom stereocenters. The summed E-state index contributed by atoms with van der Waals surface area (Å²) in [5.41, 5.74) is 3.66. The maximum atomic E-state index is 12.2. The predicted octanol–water partition coefficient (Wildman–Crippen LogP) is 4.16. The summed E-state index contributed by atoms with van der Waals surface area (Å²) >= 11 is 2.21. The van der Waals surface area contributed by atoms with E-state index in [2.05, 4.69) is 27.9 Å². The number of amides is 1. The van der Waals surface area contributed by atoms with Gasteiger partial charge in [-0.25, -0.2) is 0 Å². The minimum absolute atomic E-state index is 0.0553. The molecule has 0 aliphatic rings. The number of hydrogen-bond donors (Lipinski definition) is 1. The van der Waals surface area contributed by atoms with Crippen LogP contribution in [0.3, 0.4) is 0 Å². The third kappa shape index (κ3) is 2.90. The van der Waals surface area contributed by atoms with Crippen LogP contribution < -0.4 is 5.32 Å². The Labute approximate surface area is 121 Å². The van der Waals surface area contributed by atoms with Crippen molar-refractivity contribution in [3.8, 4) is 0 Å². The zero-order valence-electron chi connectivity index (χ0n) is 10.3. The molecular weight excluding hydrogens is 337 g/mol. The van der Waals surface area contributed by atoms with Gasteiger partial charge in [0.2, 0.25) is 0 Å². The molecule has 0 unspecified atom stereocenters. The van der Waals surface area contributed by atoms with E-state index < -0.39 is 0 Å². The number of rotatable bonds is 2. The Morgan fingerprint density at radius 1 is 1.11 bits per heavy atom. The van der Waals surface area contributed by atoms with Crippen molar-refractivity contribution in [2.45, 2.75) is 13.8 Å². The molecule has 0 spiro atoms. The minimum Gasteiger partial charge on any atom is -0.321 e. The van der Waals surface area contributed by atoms with Crippen molar-refractivity contribution in [2.24, 2.45) is 0 Å². The molecule has 0 heterocycles. The van der Waals surface area contributed by atoms with E-state index >= 15 is 0 Å².